The lowest BCUT2D eigenvalue weighted by Gasteiger charge is -2.24. The van der Waals surface area contributed by atoms with E-state index in [9.17, 15) is 4.79 Å². The van der Waals surface area contributed by atoms with Crippen LogP contribution in [0.25, 0.3) is 10.1 Å². The van der Waals surface area contributed by atoms with Crippen LogP contribution in [0.2, 0.25) is 0 Å². The van der Waals surface area contributed by atoms with Crippen molar-refractivity contribution in [3.63, 3.8) is 0 Å². The Labute approximate surface area is 104 Å². The van der Waals surface area contributed by atoms with Crippen molar-refractivity contribution < 1.29 is 4.79 Å². The second-order valence-electron chi connectivity index (χ2n) is 4.63. The van der Waals surface area contributed by atoms with Gasteiger partial charge in [0.05, 0.1) is 0 Å². The minimum atomic E-state index is -0.604. The molecule has 0 aliphatic carbocycles. The van der Waals surface area contributed by atoms with Gasteiger partial charge in [-0.3, -0.25) is 4.79 Å². The Morgan fingerprint density at radius 1 is 1.41 bits per heavy atom. The van der Waals surface area contributed by atoms with Crippen LogP contribution in [0.15, 0.2) is 41.9 Å². The maximum Gasteiger partial charge on any atom is 0.168 e. The lowest BCUT2D eigenvalue weighted by molar-refractivity contribution is -0.122. The Morgan fingerprint density at radius 3 is 2.94 bits per heavy atom. The van der Waals surface area contributed by atoms with E-state index in [2.05, 4.69) is 35.5 Å². The van der Waals surface area contributed by atoms with E-state index >= 15 is 0 Å². The zero-order valence-electron chi connectivity index (χ0n) is 9.62. The molecule has 86 valence electrons. The predicted molar refractivity (Wildman–Crippen MR) is 71.1 cm³/mol. The van der Waals surface area contributed by atoms with Crippen molar-refractivity contribution in [2.75, 3.05) is 0 Å². The fourth-order valence-electron chi connectivity index (χ4n) is 2.35. The molecule has 3 rings (SSSR count). The number of ketones is 1. The van der Waals surface area contributed by atoms with Gasteiger partial charge >= 0.3 is 0 Å². The summed E-state index contributed by atoms with van der Waals surface area (Å²) in [6.07, 6.45) is 0.429. The first-order valence-corrected chi connectivity index (χ1v) is 6.44. The molecule has 1 aliphatic rings. The highest BCUT2D eigenvalue weighted by atomic mass is 32.1. The number of rotatable bonds is 1. The second kappa shape index (κ2) is 3.44. The van der Waals surface area contributed by atoms with Crippen molar-refractivity contribution in [3.05, 3.63) is 47.5 Å². The number of thiophene rings is 1. The standard InChI is InChI=1S/C14H13NOS/c1-9-7-13(16)14(2,15-9)11-3-4-12-10(8-11)5-6-17-12/h3-6,8,15H,1,7H2,2H3. The van der Waals surface area contributed by atoms with Gasteiger partial charge < -0.3 is 5.32 Å². The molecule has 1 aliphatic heterocycles. The predicted octanol–water partition coefficient (Wildman–Crippen LogP) is 3.19. The molecule has 1 atom stereocenters. The average Bonchev–Trinajstić information content (AvgIpc) is 2.83. The topological polar surface area (TPSA) is 29.1 Å². The fourth-order valence-corrected chi connectivity index (χ4v) is 3.12. The van der Waals surface area contributed by atoms with E-state index < -0.39 is 5.54 Å². The number of fused-ring (bicyclic) bond motifs is 1. The van der Waals surface area contributed by atoms with Crippen molar-refractivity contribution in [1.29, 1.82) is 0 Å². The summed E-state index contributed by atoms with van der Waals surface area (Å²) in [4.78, 5) is 12.1. The summed E-state index contributed by atoms with van der Waals surface area (Å²) in [5, 5.41) is 6.48. The highest BCUT2D eigenvalue weighted by Crippen LogP contribution is 2.33. The van der Waals surface area contributed by atoms with Crippen LogP contribution < -0.4 is 5.32 Å². The van der Waals surface area contributed by atoms with Gasteiger partial charge in [-0.1, -0.05) is 12.6 Å². The third kappa shape index (κ3) is 1.50. The summed E-state index contributed by atoms with van der Waals surface area (Å²) in [5.41, 5.74) is 1.22. The molecule has 1 aromatic heterocycles. The number of nitrogens with one attached hydrogen (secondary N) is 1. The average molecular weight is 243 g/mol. The molecule has 2 aromatic rings. The minimum Gasteiger partial charge on any atom is -0.373 e. The maximum absolute atomic E-state index is 12.1. The first-order valence-electron chi connectivity index (χ1n) is 5.56. The molecule has 0 amide bonds. The molecule has 17 heavy (non-hydrogen) atoms. The molecule has 1 N–H and O–H groups in total. The van der Waals surface area contributed by atoms with E-state index in [1.165, 1.54) is 10.1 Å². The molecule has 0 spiro atoms. The van der Waals surface area contributed by atoms with E-state index in [1.807, 2.05) is 13.0 Å². The van der Waals surface area contributed by atoms with E-state index in [4.69, 9.17) is 0 Å². The van der Waals surface area contributed by atoms with Gasteiger partial charge in [-0.2, -0.15) is 0 Å². The Morgan fingerprint density at radius 2 is 2.24 bits per heavy atom. The molecule has 0 saturated carbocycles. The lowest BCUT2D eigenvalue weighted by atomic mass is 9.89. The highest BCUT2D eigenvalue weighted by Gasteiger charge is 2.40. The quantitative estimate of drug-likeness (QED) is 0.833. The smallest absolute Gasteiger partial charge is 0.168 e. The lowest BCUT2D eigenvalue weighted by Crippen LogP contribution is -2.38. The summed E-state index contributed by atoms with van der Waals surface area (Å²) < 4.78 is 1.25. The monoisotopic (exact) mass is 243 g/mol. The third-order valence-corrected chi connectivity index (χ3v) is 4.29. The summed E-state index contributed by atoms with van der Waals surface area (Å²) in [7, 11) is 0. The number of hydrogen-bond acceptors (Lipinski definition) is 3. The third-order valence-electron chi connectivity index (χ3n) is 3.39. The molecule has 1 unspecified atom stereocenters. The summed E-state index contributed by atoms with van der Waals surface area (Å²) in [6.45, 7) is 5.78. The van der Waals surface area contributed by atoms with Crippen LogP contribution in [0.5, 0.6) is 0 Å². The van der Waals surface area contributed by atoms with E-state index in [-0.39, 0.29) is 5.78 Å². The number of carbonyl (C=O) groups excluding carboxylic acids is 1. The Balaban J connectivity index is 2.14. The van der Waals surface area contributed by atoms with Crippen LogP contribution in [-0.4, -0.2) is 5.78 Å². The number of Topliss-reactive ketones (excluding diaryl/α,β-unsaturated/α-hetero) is 1. The van der Waals surface area contributed by atoms with Crippen LogP contribution in [0.1, 0.15) is 18.9 Å². The fraction of sp³-hybridized carbons (Fsp3) is 0.214. The summed E-state index contributed by atoms with van der Waals surface area (Å²) in [5.74, 6) is 0.192. The maximum atomic E-state index is 12.1. The SMILES string of the molecule is C=C1CC(=O)C(C)(c2ccc3sccc3c2)N1. The van der Waals surface area contributed by atoms with Gasteiger partial charge in [-0.25, -0.2) is 0 Å². The largest absolute Gasteiger partial charge is 0.373 e. The normalized spacial score (nSPS) is 24.3. The molecular weight excluding hydrogens is 230 g/mol. The zero-order chi connectivity index (χ0) is 12.0. The van der Waals surface area contributed by atoms with Gasteiger partial charge in [0, 0.05) is 16.8 Å². The first-order chi connectivity index (χ1) is 8.09. The minimum absolute atomic E-state index is 0.192. The Hall–Kier alpha value is -1.61. The molecule has 1 saturated heterocycles. The van der Waals surface area contributed by atoms with Crippen LogP contribution >= 0.6 is 11.3 Å². The zero-order valence-corrected chi connectivity index (χ0v) is 10.4. The van der Waals surface area contributed by atoms with E-state index in [0.29, 0.717) is 6.42 Å². The Kier molecular flexibility index (Phi) is 2.13. The highest BCUT2D eigenvalue weighted by molar-refractivity contribution is 7.17. The van der Waals surface area contributed by atoms with Crippen LogP contribution in [0.4, 0.5) is 0 Å². The van der Waals surface area contributed by atoms with Crippen LogP contribution in [-0.2, 0) is 10.3 Å². The van der Waals surface area contributed by atoms with Gasteiger partial charge in [0.1, 0.15) is 5.54 Å². The van der Waals surface area contributed by atoms with Crippen molar-refractivity contribution in [3.8, 4) is 0 Å². The van der Waals surface area contributed by atoms with E-state index in [0.717, 1.165) is 11.3 Å². The van der Waals surface area contributed by atoms with Gasteiger partial charge in [-0.15, -0.1) is 11.3 Å². The molecule has 0 bridgehead atoms. The summed E-state index contributed by atoms with van der Waals surface area (Å²) >= 11 is 1.72. The molecule has 1 aromatic carbocycles. The second-order valence-corrected chi connectivity index (χ2v) is 5.57. The first kappa shape index (κ1) is 10.5. The molecule has 2 nitrogen and oxygen atoms in total. The Bertz CT molecular complexity index is 628. The van der Waals surface area contributed by atoms with Gasteiger partial charge in [0.25, 0.3) is 0 Å². The molecule has 0 radical (unpaired) electrons. The van der Waals surface area contributed by atoms with Gasteiger partial charge in [-0.05, 0) is 41.5 Å². The van der Waals surface area contributed by atoms with Crippen LogP contribution in [0, 0.1) is 0 Å². The van der Waals surface area contributed by atoms with Gasteiger partial charge in [0.2, 0.25) is 0 Å². The van der Waals surface area contributed by atoms with E-state index in [1.54, 1.807) is 11.3 Å². The number of allylic oxidation sites excluding steroid dienone is 1. The number of hydrogen-bond donors (Lipinski definition) is 1. The van der Waals surface area contributed by atoms with Crippen molar-refractivity contribution >= 4 is 27.2 Å². The number of benzene rings is 1. The molecule has 1 fully saturated rings. The molecule has 3 heteroatoms. The van der Waals surface area contributed by atoms with Crippen molar-refractivity contribution in [2.24, 2.45) is 0 Å². The molecular formula is C14H13NOS. The number of carbonyl (C=O) groups is 1. The van der Waals surface area contributed by atoms with Crippen molar-refractivity contribution in [2.45, 2.75) is 18.9 Å². The van der Waals surface area contributed by atoms with Crippen molar-refractivity contribution in [1.82, 2.24) is 5.32 Å². The molecule has 2 heterocycles. The van der Waals surface area contributed by atoms with Gasteiger partial charge in [0.15, 0.2) is 5.78 Å². The summed E-state index contributed by atoms with van der Waals surface area (Å²) in [6, 6.07) is 8.29. The van der Waals surface area contributed by atoms with Crippen LogP contribution in [0.3, 0.4) is 0 Å².